The first-order valence-corrected chi connectivity index (χ1v) is 10.0. The third-order valence-electron chi connectivity index (χ3n) is 3.80. The first-order valence-electron chi connectivity index (χ1n) is 8.11. The summed E-state index contributed by atoms with van der Waals surface area (Å²) in [5.41, 5.74) is 1.94. The number of amides is 1. The average Bonchev–Trinajstić information content (AvgIpc) is 2.61. The van der Waals surface area contributed by atoms with Gasteiger partial charge in [0.25, 0.3) is 5.91 Å². The molecule has 0 aliphatic heterocycles. The maximum Gasteiger partial charge on any atom is 0.338 e. The van der Waals surface area contributed by atoms with Gasteiger partial charge < -0.3 is 10.1 Å². The van der Waals surface area contributed by atoms with E-state index in [1.165, 1.54) is 31.2 Å². The van der Waals surface area contributed by atoms with Gasteiger partial charge in [-0.05, 0) is 55.3 Å². The Morgan fingerprint density at radius 1 is 1.04 bits per heavy atom. The van der Waals surface area contributed by atoms with Crippen LogP contribution >= 0.6 is 0 Å². The van der Waals surface area contributed by atoms with E-state index in [0.29, 0.717) is 5.69 Å². The van der Waals surface area contributed by atoms with Gasteiger partial charge in [-0.15, -0.1) is 0 Å². The van der Waals surface area contributed by atoms with Crippen molar-refractivity contribution in [2.75, 3.05) is 11.6 Å². The monoisotopic (exact) mass is 375 g/mol. The minimum Gasteiger partial charge on any atom is -0.449 e. The third kappa shape index (κ3) is 5.16. The molecule has 1 amide bonds. The maximum atomic E-state index is 12.2. The second kappa shape index (κ2) is 8.14. The topological polar surface area (TPSA) is 89.5 Å². The lowest BCUT2D eigenvalue weighted by molar-refractivity contribution is -0.123. The molecule has 6 nitrogen and oxygen atoms in total. The number of rotatable bonds is 6. The molecule has 0 aromatic heterocycles. The molecule has 0 aliphatic carbocycles. The van der Waals surface area contributed by atoms with Crippen molar-refractivity contribution in [3.63, 3.8) is 0 Å². The SMILES string of the molecule is CCc1ccc(NC(=O)C(C)OC(=O)c2ccc(S(C)(=O)=O)cc2)cc1. The summed E-state index contributed by atoms with van der Waals surface area (Å²) >= 11 is 0. The quantitative estimate of drug-likeness (QED) is 0.784. The molecule has 0 fully saturated rings. The summed E-state index contributed by atoms with van der Waals surface area (Å²) < 4.78 is 28.0. The highest BCUT2D eigenvalue weighted by molar-refractivity contribution is 7.90. The molecule has 0 saturated heterocycles. The van der Waals surface area contributed by atoms with E-state index in [4.69, 9.17) is 4.74 Å². The van der Waals surface area contributed by atoms with Crippen molar-refractivity contribution >= 4 is 27.4 Å². The van der Waals surface area contributed by atoms with Crippen molar-refractivity contribution in [3.05, 3.63) is 59.7 Å². The Morgan fingerprint density at radius 3 is 2.12 bits per heavy atom. The molecule has 2 aromatic rings. The molecule has 1 N–H and O–H groups in total. The van der Waals surface area contributed by atoms with Gasteiger partial charge >= 0.3 is 5.97 Å². The number of aryl methyl sites for hydroxylation is 1. The van der Waals surface area contributed by atoms with E-state index < -0.39 is 27.8 Å². The van der Waals surface area contributed by atoms with Crippen LogP contribution in [0.25, 0.3) is 0 Å². The number of ether oxygens (including phenoxy) is 1. The van der Waals surface area contributed by atoms with Crippen molar-refractivity contribution in [2.45, 2.75) is 31.3 Å². The van der Waals surface area contributed by atoms with Crippen LogP contribution in [-0.4, -0.2) is 32.7 Å². The van der Waals surface area contributed by atoms with Gasteiger partial charge in [0, 0.05) is 11.9 Å². The molecule has 0 bridgehead atoms. The first kappa shape index (κ1) is 19.7. The highest BCUT2D eigenvalue weighted by atomic mass is 32.2. The number of carbonyl (C=O) groups is 2. The zero-order valence-electron chi connectivity index (χ0n) is 14.9. The van der Waals surface area contributed by atoms with Crippen molar-refractivity contribution < 1.29 is 22.7 Å². The van der Waals surface area contributed by atoms with Gasteiger partial charge in [0.05, 0.1) is 10.5 Å². The van der Waals surface area contributed by atoms with Crippen LogP contribution in [0.1, 0.15) is 29.8 Å². The van der Waals surface area contributed by atoms with Gasteiger partial charge in [-0.1, -0.05) is 19.1 Å². The molecule has 0 spiro atoms. The van der Waals surface area contributed by atoms with Crippen molar-refractivity contribution in [1.29, 1.82) is 0 Å². The summed E-state index contributed by atoms with van der Waals surface area (Å²) in [6.45, 7) is 3.51. The number of benzene rings is 2. The van der Waals surface area contributed by atoms with Crippen LogP contribution in [0.15, 0.2) is 53.4 Å². The number of hydrogen-bond acceptors (Lipinski definition) is 5. The number of anilines is 1. The van der Waals surface area contributed by atoms with E-state index in [1.54, 1.807) is 12.1 Å². The Balaban J connectivity index is 1.97. The summed E-state index contributed by atoms with van der Waals surface area (Å²) in [7, 11) is -3.34. The van der Waals surface area contributed by atoms with Crippen LogP contribution in [0.2, 0.25) is 0 Å². The predicted molar refractivity (Wildman–Crippen MR) is 98.9 cm³/mol. The number of hydrogen-bond donors (Lipinski definition) is 1. The molecule has 26 heavy (non-hydrogen) atoms. The largest absolute Gasteiger partial charge is 0.449 e. The van der Waals surface area contributed by atoms with Crippen molar-refractivity contribution in [1.82, 2.24) is 0 Å². The Morgan fingerprint density at radius 2 is 1.62 bits per heavy atom. The number of carbonyl (C=O) groups excluding carboxylic acids is 2. The molecule has 0 heterocycles. The van der Waals surface area contributed by atoms with Gasteiger partial charge in [0.1, 0.15) is 0 Å². The van der Waals surface area contributed by atoms with Crippen molar-refractivity contribution in [3.8, 4) is 0 Å². The van der Waals surface area contributed by atoms with Gasteiger partial charge in [-0.2, -0.15) is 0 Å². The lowest BCUT2D eigenvalue weighted by atomic mass is 10.1. The van der Waals surface area contributed by atoms with E-state index in [9.17, 15) is 18.0 Å². The van der Waals surface area contributed by atoms with E-state index in [0.717, 1.165) is 18.2 Å². The van der Waals surface area contributed by atoms with Crippen LogP contribution in [0.5, 0.6) is 0 Å². The second-order valence-corrected chi connectivity index (χ2v) is 7.90. The predicted octanol–water partition coefficient (Wildman–Crippen LogP) is 2.84. The van der Waals surface area contributed by atoms with Crippen molar-refractivity contribution in [2.24, 2.45) is 0 Å². The smallest absolute Gasteiger partial charge is 0.338 e. The van der Waals surface area contributed by atoms with Crippen LogP contribution in [0, 0.1) is 0 Å². The lowest BCUT2D eigenvalue weighted by Gasteiger charge is -2.14. The summed E-state index contributed by atoms with van der Waals surface area (Å²) in [5.74, 6) is -1.15. The van der Waals surface area contributed by atoms with Gasteiger partial charge in [-0.3, -0.25) is 4.79 Å². The molecule has 1 atom stereocenters. The Hall–Kier alpha value is -2.67. The van der Waals surface area contributed by atoms with E-state index >= 15 is 0 Å². The van der Waals surface area contributed by atoms with Crippen LogP contribution in [-0.2, 0) is 25.8 Å². The van der Waals surface area contributed by atoms with Crippen LogP contribution in [0.3, 0.4) is 0 Å². The third-order valence-corrected chi connectivity index (χ3v) is 4.93. The number of sulfone groups is 1. The zero-order valence-corrected chi connectivity index (χ0v) is 15.7. The summed E-state index contributed by atoms with van der Waals surface area (Å²) in [4.78, 5) is 24.4. The molecule has 0 saturated carbocycles. The molecule has 138 valence electrons. The fraction of sp³-hybridized carbons (Fsp3) is 0.263. The summed E-state index contributed by atoms with van der Waals surface area (Å²) in [6.07, 6.45) is 0.989. The molecular weight excluding hydrogens is 354 g/mol. The second-order valence-electron chi connectivity index (χ2n) is 5.88. The molecular formula is C19H21NO5S. The fourth-order valence-corrected chi connectivity index (χ4v) is 2.82. The maximum absolute atomic E-state index is 12.2. The van der Waals surface area contributed by atoms with Gasteiger partial charge in [0.2, 0.25) is 0 Å². The summed E-state index contributed by atoms with van der Waals surface area (Å²) in [6, 6.07) is 12.8. The van der Waals surface area contributed by atoms with E-state index in [1.807, 2.05) is 19.1 Å². The first-order chi connectivity index (χ1) is 12.2. The summed E-state index contributed by atoms with van der Waals surface area (Å²) in [5, 5.41) is 2.68. The van der Waals surface area contributed by atoms with Gasteiger partial charge in [0.15, 0.2) is 15.9 Å². The molecule has 1 unspecified atom stereocenters. The van der Waals surface area contributed by atoms with Crippen LogP contribution < -0.4 is 5.32 Å². The van der Waals surface area contributed by atoms with E-state index in [2.05, 4.69) is 5.32 Å². The molecule has 2 aromatic carbocycles. The Labute approximate surface area is 153 Å². The minimum atomic E-state index is -3.34. The zero-order chi connectivity index (χ0) is 19.3. The van der Waals surface area contributed by atoms with Gasteiger partial charge in [-0.25, -0.2) is 13.2 Å². The molecule has 7 heteroatoms. The minimum absolute atomic E-state index is 0.107. The average molecular weight is 375 g/mol. The number of esters is 1. The fourth-order valence-electron chi connectivity index (χ4n) is 2.19. The normalized spacial score (nSPS) is 12.3. The van der Waals surface area contributed by atoms with E-state index in [-0.39, 0.29) is 10.5 Å². The lowest BCUT2D eigenvalue weighted by Crippen LogP contribution is -2.30. The number of nitrogens with one attached hydrogen (secondary N) is 1. The Bertz CT molecular complexity index is 887. The molecule has 0 radical (unpaired) electrons. The molecule has 2 rings (SSSR count). The highest BCUT2D eigenvalue weighted by Gasteiger charge is 2.19. The highest BCUT2D eigenvalue weighted by Crippen LogP contribution is 2.13. The Kier molecular flexibility index (Phi) is 6.15. The van der Waals surface area contributed by atoms with Crippen LogP contribution in [0.4, 0.5) is 5.69 Å². The standard InChI is InChI=1S/C19H21NO5S/c1-4-14-5-9-16(10-6-14)20-18(21)13(2)25-19(22)15-7-11-17(12-8-15)26(3,23)24/h5-13H,4H2,1-3H3,(H,20,21). The molecule has 0 aliphatic rings.